The smallest absolute Gasteiger partial charge is 0.412 e. The minimum Gasteiger partial charge on any atom is -0.442 e. The van der Waals surface area contributed by atoms with Crippen molar-refractivity contribution in [3.63, 3.8) is 0 Å². The van der Waals surface area contributed by atoms with Crippen LogP contribution in [-0.2, 0) is 4.74 Å². The van der Waals surface area contributed by atoms with E-state index in [9.17, 15) is 14.0 Å². The average Bonchev–Trinajstić information content (AvgIpc) is 2.36. The normalized spacial score (nSPS) is 11.7. The number of rotatable bonds is 5. The fourth-order valence-corrected chi connectivity index (χ4v) is 1.39. The predicted molar refractivity (Wildman–Crippen MR) is 67.2 cm³/mol. The van der Waals surface area contributed by atoms with Crippen molar-refractivity contribution in [1.29, 1.82) is 0 Å². The predicted octanol–water partition coefficient (Wildman–Crippen LogP) is 3.19. The molecule has 18 heavy (non-hydrogen) atoms. The van der Waals surface area contributed by atoms with Crippen LogP contribution in [0, 0.1) is 0 Å². The van der Waals surface area contributed by atoms with E-state index in [0.29, 0.717) is 5.69 Å². The van der Waals surface area contributed by atoms with Crippen LogP contribution < -0.4 is 5.32 Å². The molecular weight excluding hydrogens is 284 g/mol. The van der Waals surface area contributed by atoms with Gasteiger partial charge in [-0.25, -0.2) is 9.18 Å². The van der Waals surface area contributed by atoms with Gasteiger partial charge in [0.1, 0.15) is 12.8 Å². The highest BCUT2D eigenvalue weighted by atomic mass is 35.5. The summed E-state index contributed by atoms with van der Waals surface area (Å²) < 4.78 is 17.0. The lowest BCUT2D eigenvalue weighted by Gasteiger charge is -2.12. The summed E-state index contributed by atoms with van der Waals surface area (Å²) >= 11 is 10.7. The third-order valence-electron chi connectivity index (χ3n) is 1.95. The molecule has 1 N–H and O–H groups in total. The van der Waals surface area contributed by atoms with Gasteiger partial charge < -0.3 is 4.74 Å². The largest absolute Gasteiger partial charge is 0.442 e. The maximum Gasteiger partial charge on any atom is 0.412 e. The molecular formula is C11H10Cl2FNO3. The molecule has 1 aromatic carbocycles. The van der Waals surface area contributed by atoms with Crippen LogP contribution in [-0.4, -0.2) is 30.0 Å². The van der Waals surface area contributed by atoms with E-state index in [2.05, 4.69) is 10.1 Å². The third-order valence-corrected chi connectivity index (χ3v) is 2.52. The first-order valence-corrected chi connectivity index (χ1v) is 5.87. The van der Waals surface area contributed by atoms with E-state index in [4.69, 9.17) is 23.2 Å². The van der Waals surface area contributed by atoms with Crippen LogP contribution in [0.25, 0.3) is 0 Å². The van der Waals surface area contributed by atoms with E-state index >= 15 is 0 Å². The summed E-state index contributed by atoms with van der Waals surface area (Å²) in [5, 5.41) is 1.69. The van der Waals surface area contributed by atoms with Crippen molar-refractivity contribution in [2.75, 3.05) is 17.9 Å². The molecule has 0 saturated carbocycles. The van der Waals surface area contributed by atoms with Crippen molar-refractivity contribution >= 4 is 40.2 Å². The Bertz CT molecular complexity index is 438. The van der Waals surface area contributed by atoms with Gasteiger partial charge in [0.25, 0.3) is 5.24 Å². The van der Waals surface area contributed by atoms with Crippen LogP contribution in [0.1, 0.15) is 10.4 Å². The van der Waals surface area contributed by atoms with Gasteiger partial charge in [-0.2, -0.15) is 0 Å². The van der Waals surface area contributed by atoms with Gasteiger partial charge in [-0.15, -0.1) is 11.6 Å². The Kier molecular flexibility index (Phi) is 5.88. The van der Waals surface area contributed by atoms with E-state index in [1.54, 1.807) is 6.07 Å². The van der Waals surface area contributed by atoms with Crippen molar-refractivity contribution in [3.05, 3.63) is 29.8 Å². The highest BCUT2D eigenvalue weighted by molar-refractivity contribution is 6.67. The van der Waals surface area contributed by atoms with Crippen LogP contribution >= 0.6 is 23.2 Å². The highest BCUT2D eigenvalue weighted by Gasteiger charge is 2.13. The Morgan fingerprint density at radius 3 is 2.72 bits per heavy atom. The average molecular weight is 294 g/mol. The summed E-state index contributed by atoms with van der Waals surface area (Å²) in [6.07, 6.45) is -1.85. The lowest BCUT2D eigenvalue weighted by atomic mass is 10.2. The Hall–Kier alpha value is -1.33. The number of ether oxygens (including phenoxy) is 1. The van der Waals surface area contributed by atoms with Crippen LogP contribution in [0.2, 0.25) is 0 Å². The fraction of sp³-hybridized carbons (Fsp3) is 0.273. The summed E-state index contributed by atoms with van der Waals surface area (Å²) in [5.41, 5.74) is 0.549. The number of hydrogen-bond donors (Lipinski definition) is 1. The molecule has 0 aromatic heterocycles. The molecule has 0 spiro atoms. The zero-order valence-electron chi connectivity index (χ0n) is 9.16. The second-order valence-electron chi connectivity index (χ2n) is 3.32. The molecule has 1 atom stereocenters. The van der Waals surface area contributed by atoms with Crippen LogP contribution in [0.15, 0.2) is 24.3 Å². The molecule has 1 aromatic rings. The number of nitrogens with one attached hydrogen (secondary N) is 1. The van der Waals surface area contributed by atoms with Crippen LogP contribution in [0.4, 0.5) is 14.9 Å². The van der Waals surface area contributed by atoms with Gasteiger partial charge in [-0.3, -0.25) is 10.1 Å². The zero-order chi connectivity index (χ0) is 13.5. The van der Waals surface area contributed by atoms with Gasteiger partial charge in [0.15, 0.2) is 0 Å². The molecule has 7 heteroatoms. The van der Waals surface area contributed by atoms with E-state index in [1.165, 1.54) is 18.2 Å². The highest BCUT2D eigenvalue weighted by Crippen LogP contribution is 2.13. The standard InChI is InChI=1S/C11H10Cl2FNO3/c12-5-9(6-14)18-11(17)15-8-3-1-2-7(4-8)10(13)16/h1-4,9H,5-6H2,(H,15,17). The lowest BCUT2D eigenvalue weighted by molar-refractivity contribution is 0.105. The van der Waals surface area contributed by atoms with E-state index < -0.39 is 24.1 Å². The molecule has 0 bridgehead atoms. The number of amides is 1. The summed E-state index contributed by atoms with van der Waals surface area (Å²) in [5.74, 6) is -0.135. The summed E-state index contributed by atoms with van der Waals surface area (Å²) in [4.78, 5) is 22.3. The SMILES string of the molecule is O=C(Nc1cccc(C(=O)Cl)c1)OC(CF)CCl. The Morgan fingerprint density at radius 2 is 2.17 bits per heavy atom. The second kappa shape index (κ2) is 7.18. The molecule has 0 radical (unpaired) electrons. The molecule has 1 rings (SSSR count). The topological polar surface area (TPSA) is 55.4 Å². The van der Waals surface area contributed by atoms with E-state index in [-0.39, 0.29) is 11.4 Å². The first kappa shape index (κ1) is 14.7. The number of alkyl halides is 2. The number of hydrogen-bond acceptors (Lipinski definition) is 3. The maximum atomic E-state index is 12.3. The summed E-state index contributed by atoms with van der Waals surface area (Å²) in [6.45, 7) is -0.864. The Morgan fingerprint density at radius 1 is 1.44 bits per heavy atom. The molecule has 0 aliphatic carbocycles. The second-order valence-corrected chi connectivity index (χ2v) is 3.97. The monoisotopic (exact) mass is 293 g/mol. The molecule has 4 nitrogen and oxygen atoms in total. The van der Waals surface area contributed by atoms with Gasteiger partial charge in [-0.1, -0.05) is 6.07 Å². The molecule has 0 heterocycles. The van der Waals surface area contributed by atoms with Crippen LogP contribution in [0.5, 0.6) is 0 Å². The first-order chi connectivity index (χ1) is 8.56. The molecule has 98 valence electrons. The van der Waals surface area contributed by atoms with Gasteiger partial charge in [0, 0.05) is 11.3 Å². The fourth-order valence-electron chi connectivity index (χ4n) is 1.12. The molecule has 0 aliphatic rings. The van der Waals surface area contributed by atoms with Gasteiger partial charge in [0.05, 0.1) is 5.88 Å². The Labute approximate surface area is 113 Å². The molecule has 0 aliphatic heterocycles. The first-order valence-electron chi connectivity index (χ1n) is 4.96. The zero-order valence-corrected chi connectivity index (χ0v) is 10.7. The summed E-state index contributed by atoms with van der Waals surface area (Å²) in [6, 6.07) is 5.95. The number of halogens is 3. The lowest BCUT2D eigenvalue weighted by Crippen LogP contribution is -2.25. The number of carbonyl (C=O) groups is 2. The van der Waals surface area contributed by atoms with Crippen molar-refractivity contribution in [3.8, 4) is 0 Å². The molecule has 1 amide bonds. The molecule has 0 fully saturated rings. The number of carbonyl (C=O) groups excluding carboxylic acids is 2. The van der Waals surface area contributed by atoms with Gasteiger partial charge in [-0.05, 0) is 29.8 Å². The number of anilines is 1. The van der Waals surface area contributed by atoms with E-state index in [0.717, 1.165) is 0 Å². The van der Waals surface area contributed by atoms with Crippen molar-refractivity contribution in [2.45, 2.75) is 6.10 Å². The molecule has 0 saturated heterocycles. The number of benzene rings is 1. The Balaban J connectivity index is 2.64. The van der Waals surface area contributed by atoms with Crippen molar-refractivity contribution in [1.82, 2.24) is 0 Å². The van der Waals surface area contributed by atoms with Crippen molar-refractivity contribution < 1.29 is 18.7 Å². The van der Waals surface area contributed by atoms with Gasteiger partial charge >= 0.3 is 6.09 Å². The minimum absolute atomic E-state index is 0.135. The summed E-state index contributed by atoms with van der Waals surface area (Å²) in [7, 11) is 0. The van der Waals surface area contributed by atoms with Crippen molar-refractivity contribution in [2.24, 2.45) is 0 Å². The maximum absolute atomic E-state index is 12.3. The van der Waals surface area contributed by atoms with Gasteiger partial charge in [0.2, 0.25) is 0 Å². The van der Waals surface area contributed by atoms with Crippen LogP contribution in [0.3, 0.4) is 0 Å². The van der Waals surface area contributed by atoms with E-state index in [1.807, 2.05) is 0 Å². The quantitative estimate of drug-likeness (QED) is 0.670. The molecule has 1 unspecified atom stereocenters. The third kappa shape index (κ3) is 4.50. The minimum atomic E-state index is -0.996.